The van der Waals surface area contributed by atoms with Crippen LogP contribution in [0.25, 0.3) is 0 Å². The number of primary amides is 1. The van der Waals surface area contributed by atoms with Crippen LogP contribution in [0.2, 0.25) is 0 Å². The van der Waals surface area contributed by atoms with Crippen molar-refractivity contribution in [3.63, 3.8) is 0 Å². The van der Waals surface area contributed by atoms with Crippen molar-refractivity contribution in [1.82, 2.24) is 0 Å². The molecule has 0 spiro atoms. The number of nitrogens with two attached hydrogens (primary N) is 1. The van der Waals surface area contributed by atoms with Crippen molar-refractivity contribution in [2.24, 2.45) is 11.1 Å². The monoisotopic (exact) mass is 297 g/mol. The summed E-state index contributed by atoms with van der Waals surface area (Å²) in [5.74, 6) is -1.60. The van der Waals surface area contributed by atoms with E-state index in [2.05, 4.69) is 0 Å². The number of carbonyl (C=O) groups is 2. The molecule has 0 bridgehead atoms. The summed E-state index contributed by atoms with van der Waals surface area (Å²) in [7, 11) is 0. The van der Waals surface area contributed by atoms with Gasteiger partial charge in [-0.1, -0.05) is 60.7 Å². The van der Waals surface area contributed by atoms with Gasteiger partial charge in [-0.3, -0.25) is 9.59 Å². The molecule has 0 aliphatic carbocycles. The van der Waals surface area contributed by atoms with Gasteiger partial charge in [0.05, 0.1) is 5.41 Å². The molecule has 0 heterocycles. The number of hydrogen-bond acceptors (Lipinski definition) is 2. The Morgan fingerprint density at radius 3 is 1.59 bits per heavy atom. The van der Waals surface area contributed by atoms with Gasteiger partial charge in [0.2, 0.25) is 5.91 Å². The first kappa shape index (κ1) is 15.8. The summed E-state index contributed by atoms with van der Waals surface area (Å²) in [5.41, 5.74) is 5.85. The summed E-state index contributed by atoms with van der Waals surface area (Å²) in [4.78, 5) is 23.4. The first-order valence-corrected chi connectivity index (χ1v) is 7.11. The lowest BCUT2D eigenvalue weighted by atomic mass is 9.74. The standard InChI is InChI=1S/C18H19NO3/c19-16(20)13-18(17(21)22,11-14-7-3-1-4-8-14)12-15-9-5-2-6-10-15/h1-10H,11-13H2,(H2,19,20)(H,21,22). The van der Waals surface area contributed by atoms with Gasteiger partial charge in [0.15, 0.2) is 0 Å². The Morgan fingerprint density at radius 1 is 0.864 bits per heavy atom. The van der Waals surface area contributed by atoms with Crippen LogP contribution in [-0.2, 0) is 22.4 Å². The summed E-state index contributed by atoms with van der Waals surface area (Å²) >= 11 is 0. The van der Waals surface area contributed by atoms with Crippen molar-refractivity contribution < 1.29 is 14.7 Å². The highest BCUT2D eigenvalue weighted by atomic mass is 16.4. The van der Waals surface area contributed by atoms with Gasteiger partial charge in [-0.05, 0) is 24.0 Å². The van der Waals surface area contributed by atoms with Crippen LogP contribution in [0.1, 0.15) is 17.5 Å². The zero-order valence-corrected chi connectivity index (χ0v) is 12.2. The molecule has 2 aromatic rings. The summed E-state index contributed by atoms with van der Waals surface area (Å²) in [6.45, 7) is 0. The van der Waals surface area contributed by atoms with E-state index in [9.17, 15) is 14.7 Å². The Bertz CT molecular complexity index is 596. The Hall–Kier alpha value is -2.62. The van der Waals surface area contributed by atoms with Crippen molar-refractivity contribution in [2.45, 2.75) is 19.3 Å². The van der Waals surface area contributed by atoms with Gasteiger partial charge >= 0.3 is 5.97 Å². The highest BCUT2D eigenvalue weighted by molar-refractivity contribution is 5.84. The molecule has 2 rings (SSSR count). The van der Waals surface area contributed by atoms with Gasteiger partial charge in [0.1, 0.15) is 0 Å². The number of carbonyl (C=O) groups excluding carboxylic acids is 1. The number of amides is 1. The van der Waals surface area contributed by atoms with Crippen LogP contribution in [0.15, 0.2) is 60.7 Å². The summed E-state index contributed by atoms with van der Waals surface area (Å²) in [5, 5.41) is 9.79. The number of carboxylic acid groups (broad SMARTS) is 1. The minimum absolute atomic E-state index is 0.188. The molecule has 2 aromatic carbocycles. The second-order valence-corrected chi connectivity index (χ2v) is 5.55. The number of benzene rings is 2. The zero-order chi connectivity index (χ0) is 16.0. The molecule has 0 saturated carbocycles. The smallest absolute Gasteiger partial charge is 0.310 e. The third-order valence-corrected chi connectivity index (χ3v) is 3.74. The largest absolute Gasteiger partial charge is 0.481 e. The Morgan fingerprint density at radius 2 is 1.27 bits per heavy atom. The summed E-state index contributed by atoms with van der Waals surface area (Å²) in [6.07, 6.45) is 0.341. The van der Waals surface area contributed by atoms with Gasteiger partial charge in [-0.2, -0.15) is 0 Å². The molecule has 4 nitrogen and oxygen atoms in total. The van der Waals surface area contributed by atoms with Gasteiger partial charge in [0, 0.05) is 6.42 Å². The topological polar surface area (TPSA) is 80.4 Å². The predicted molar refractivity (Wildman–Crippen MR) is 84.2 cm³/mol. The van der Waals surface area contributed by atoms with Crippen molar-refractivity contribution in [2.75, 3.05) is 0 Å². The first-order chi connectivity index (χ1) is 10.5. The minimum Gasteiger partial charge on any atom is -0.481 e. The van der Waals surface area contributed by atoms with E-state index in [0.29, 0.717) is 0 Å². The molecular formula is C18H19NO3. The maximum atomic E-state index is 12.0. The fraction of sp³-hybridized carbons (Fsp3) is 0.222. The van der Waals surface area contributed by atoms with Crippen LogP contribution in [0.4, 0.5) is 0 Å². The molecule has 0 saturated heterocycles. The molecule has 114 valence electrons. The Kier molecular flexibility index (Phi) is 4.94. The first-order valence-electron chi connectivity index (χ1n) is 7.11. The predicted octanol–water partition coefficient (Wildman–Crippen LogP) is 2.42. The lowest BCUT2D eigenvalue weighted by Crippen LogP contribution is -2.39. The molecule has 0 aliphatic rings. The SMILES string of the molecule is NC(=O)CC(Cc1ccccc1)(Cc1ccccc1)C(=O)O. The van der Waals surface area contributed by atoms with Crippen LogP contribution in [0.3, 0.4) is 0 Å². The van der Waals surface area contributed by atoms with Gasteiger partial charge in [-0.25, -0.2) is 0 Å². The minimum atomic E-state index is -1.23. The van der Waals surface area contributed by atoms with Crippen LogP contribution < -0.4 is 5.73 Å². The van der Waals surface area contributed by atoms with Gasteiger partial charge in [-0.15, -0.1) is 0 Å². The normalized spacial score (nSPS) is 11.1. The Labute approximate surface area is 129 Å². The molecule has 0 unspecified atom stereocenters. The molecular weight excluding hydrogens is 278 g/mol. The molecule has 3 N–H and O–H groups in total. The van der Waals surface area contributed by atoms with Crippen molar-refractivity contribution >= 4 is 11.9 Å². The molecule has 1 amide bonds. The van der Waals surface area contributed by atoms with Crippen LogP contribution in [0, 0.1) is 5.41 Å². The summed E-state index contributed by atoms with van der Waals surface area (Å²) < 4.78 is 0. The summed E-state index contributed by atoms with van der Waals surface area (Å²) in [6, 6.07) is 18.6. The van der Waals surface area contributed by atoms with Crippen LogP contribution >= 0.6 is 0 Å². The average molecular weight is 297 g/mol. The molecule has 0 atom stereocenters. The highest BCUT2D eigenvalue weighted by Crippen LogP contribution is 2.32. The van der Waals surface area contributed by atoms with Gasteiger partial charge < -0.3 is 10.8 Å². The molecule has 0 fully saturated rings. The van der Waals surface area contributed by atoms with Crippen LogP contribution in [-0.4, -0.2) is 17.0 Å². The highest BCUT2D eigenvalue weighted by Gasteiger charge is 2.40. The number of hydrogen-bond donors (Lipinski definition) is 2. The van der Waals surface area contributed by atoms with Crippen molar-refractivity contribution in [1.29, 1.82) is 0 Å². The van der Waals surface area contributed by atoms with E-state index in [1.165, 1.54) is 0 Å². The number of carboxylic acids is 1. The van der Waals surface area contributed by atoms with E-state index >= 15 is 0 Å². The lowest BCUT2D eigenvalue weighted by Gasteiger charge is -2.28. The van der Waals surface area contributed by atoms with E-state index in [1.54, 1.807) is 0 Å². The fourth-order valence-corrected chi connectivity index (χ4v) is 2.72. The van der Waals surface area contributed by atoms with E-state index < -0.39 is 17.3 Å². The number of aliphatic carboxylic acids is 1. The maximum Gasteiger partial charge on any atom is 0.310 e. The van der Waals surface area contributed by atoms with E-state index in [0.717, 1.165) is 11.1 Å². The Balaban J connectivity index is 2.37. The quantitative estimate of drug-likeness (QED) is 0.823. The lowest BCUT2D eigenvalue weighted by molar-refractivity contribution is -0.151. The third kappa shape index (κ3) is 3.95. The zero-order valence-electron chi connectivity index (χ0n) is 12.2. The molecule has 0 radical (unpaired) electrons. The van der Waals surface area contributed by atoms with Crippen molar-refractivity contribution in [3.05, 3.63) is 71.8 Å². The van der Waals surface area contributed by atoms with E-state index in [4.69, 9.17) is 5.73 Å². The second kappa shape index (κ2) is 6.89. The average Bonchev–Trinajstić information content (AvgIpc) is 2.48. The van der Waals surface area contributed by atoms with Gasteiger partial charge in [0.25, 0.3) is 0 Å². The molecule has 22 heavy (non-hydrogen) atoms. The maximum absolute atomic E-state index is 12.0. The second-order valence-electron chi connectivity index (χ2n) is 5.55. The van der Waals surface area contributed by atoms with E-state index in [1.807, 2.05) is 60.7 Å². The fourth-order valence-electron chi connectivity index (χ4n) is 2.72. The molecule has 4 heteroatoms. The molecule has 0 aromatic heterocycles. The third-order valence-electron chi connectivity index (χ3n) is 3.74. The van der Waals surface area contributed by atoms with Crippen molar-refractivity contribution in [3.8, 4) is 0 Å². The number of rotatable bonds is 7. The van der Waals surface area contributed by atoms with E-state index in [-0.39, 0.29) is 19.3 Å². The van der Waals surface area contributed by atoms with Crippen LogP contribution in [0.5, 0.6) is 0 Å². The molecule has 0 aliphatic heterocycles.